The number of oxazole rings is 1. The Hall–Kier alpha value is -2.55. The number of thioether (sulfide) groups is 1. The summed E-state index contributed by atoms with van der Waals surface area (Å²) in [4.78, 5) is 42.1. The molecule has 1 aliphatic rings. The van der Waals surface area contributed by atoms with Gasteiger partial charge < -0.3 is 18.8 Å². The van der Waals surface area contributed by atoms with Gasteiger partial charge in [0.15, 0.2) is 12.2 Å². The van der Waals surface area contributed by atoms with Crippen molar-refractivity contribution in [1.82, 2.24) is 9.88 Å². The highest BCUT2D eigenvalue weighted by atomic mass is 32.2. The predicted octanol–water partition coefficient (Wildman–Crippen LogP) is 2.41. The molecule has 8 nitrogen and oxygen atoms in total. The molecule has 0 N–H and O–H groups in total. The van der Waals surface area contributed by atoms with Crippen LogP contribution in [0.5, 0.6) is 0 Å². The summed E-state index contributed by atoms with van der Waals surface area (Å²) in [5.74, 6) is -1.38. The minimum Gasteiger partial charge on any atom is -0.464 e. The van der Waals surface area contributed by atoms with Gasteiger partial charge in [-0.1, -0.05) is 23.9 Å². The maximum atomic E-state index is 12.4. The third kappa shape index (κ3) is 5.03. The first-order valence-electron chi connectivity index (χ1n) is 9.18. The zero-order valence-corrected chi connectivity index (χ0v) is 16.4. The first-order valence-corrected chi connectivity index (χ1v) is 10.2. The number of esters is 2. The lowest BCUT2D eigenvalue weighted by Gasteiger charge is -2.33. The van der Waals surface area contributed by atoms with Crippen molar-refractivity contribution in [2.24, 2.45) is 0 Å². The maximum absolute atomic E-state index is 12.4. The van der Waals surface area contributed by atoms with Crippen LogP contribution in [0.15, 0.2) is 33.9 Å². The van der Waals surface area contributed by atoms with E-state index in [1.54, 1.807) is 13.0 Å². The van der Waals surface area contributed by atoms with E-state index in [0.717, 1.165) is 24.6 Å². The van der Waals surface area contributed by atoms with Gasteiger partial charge in [0, 0.05) is 6.54 Å². The van der Waals surface area contributed by atoms with Crippen LogP contribution in [0.25, 0.3) is 11.1 Å². The molecule has 150 valence electrons. The van der Waals surface area contributed by atoms with Crippen molar-refractivity contribution >= 4 is 40.7 Å². The Bertz CT molecular complexity index is 819. The van der Waals surface area contributed by atoms with Gasteiger partial charge in [0.2, 0.25) is 0 Å². The van der Waals surface area contributed by atoms with E-state index in [-0.39, 0.29) is 12.4 Å². The highest BCUT2D eigenvalue weighted by Gasteiger charge is 2.33. The van der Waals surface area contributed by atoms with Crippen LogP contribution in [0.4, 0.5) is 0 Å². The normalized spacial score (nSPS) is 16.8. The number of carbonyl (C=O) groups excluding carboxylic acids is 3. The van der Waals surface area contributed by atoms with Gasteiger partial charge in [0.25, 0.3) is 11.1 Å². The fourth-order valence-corrected chi connectivity index (χ4v) is 3.65. The number of aromatic nitrogens is 1. The standard InChI is InChI=1S/C19H22N2O6S/c1-2-25-18(24)14-8-5-6-10-21(14)16(22)11-26-17(23)12-28-19-20-13-7-3-4-9-15(13)27-19/h3-4,7,9,14H,2,5-6,8,10-12H2,1H3/t14-/m0/s1. The number of amides is 1. The molecular weight excluding hydrogens is 384 g/mol. The fraction of sp³-hybridized carbons (Fsp3) is 0.474. The van der Waals surface area contributed by atoms with Crippen molar-refractivity contribution < 1.29 is 28.3 Å². The molecule has 1 aromatic heterocycles. The summed E-state index contributed by atoms with van der Waals surface area (Å²) in [7, 11) is 0. The fourth-order valence-electron chi connectivity index (χ4n) is 3.01. The molecule has 28 heavy (non-hydrogen) atoms. The number of carbonyl (C=O) groups is 3. The lowest BCUT2D eigenvalue weighted by atomic mass is 10.0. The van der Waals surface area contributed by atoms with Crippen molar-refractivity contribution in [3.8, 4) is 0 Å². The lowest BCUT2D eigenvalue weighted by Crippen LogP contribution is -2.50. The topological polar surface area (TPSA) is 98.9 Å². The van der Waals surface area contributed by atoms with Crippen LogP contribution < -0.4 is 0 Å². The van der Waals surface area contributed by atoms with Crippen LogP contribution in [0, 0.1) is 0 Å². The van der Waals surface area contributed by atoms with Crippen LogP contribution >= 0.6 is 11.8 Å². The molecule has 9 heteroatoms. The van der Waals surface area contributed by atoms with Gasteiger partial charge in [0.1, 0.15) is 17.3 Å². The first kappa shape index (κ1) is 20.2. The minimum absolute atomic E-state index is 0.0264. The molecule has 2 heterocycles. The molecule has 2 aromatic rings. The zero-order chi connectivity index (χ0) is 19.9. The molecule has 1 atom stereocenters. The molecule has 1 amide bonds. The number of hydrogen-bond acceptors (Lipinski definition) is 8. The van der Waals surface area contributed by atoms with E-state index in [1.165, 1.54) is 4.90 Å². The van der Waals surface area contributed by atoms with E-state index in [4.69, 9.17) is 13.9 Å². The molecule has 1 aromatic carbocycles. The molecule has 3 rings (SSSR count). The highest BCUT2D eigenvalue weighted by molar-refractivity contribution is 7.99. The van der Waals surface area contributed by atoms with E-state index in [1.807, 2.05) is 18.2 Å². The third-order valence-electron chi connectivity index (χ3n) is 4.33. The van der Waals surface area contributed by atoms with E-state index in [2.05, 4.69) is 4.98 Å². The van der Waals surface area contributed by atoms with Crippen LogP contribution in [0.2, 0.25) is 0 Å². The number of ether oxygens (including phenoxy) is 2. The van der Waals surface area contributed by atoms with Crippen molar-refractivity contribution in [1.29, 1.82) is 0 Å². The maximum Gasteiger partial charge on any atom is 0.328 e. The summed E-state index contributed by atoms with van der Waals surface area (Å²) in [6, 6.07) is 6.70. The molecule has 0 spiro atoms. The molecule has 0 bridgehead atoms. The van der Waals surface area contributed by atoms with E-state index >= 15 is 0 Å². The predicted molar refractivity (Wildman–Crippen MR) is 102 cm³/mol. The number of piperidine rings is 1. The van der Waals surface area contributed by atoms with Crippen LogP contribution in [0.1, 0.15) is 26.2 Å². The number of para-hydroxylation sites is 2. The number of rotatable bonds is 7. The van der Waals surface area contributed by atoms with Crippen molar-refractivity contribution in [3.05, 3.63) is 24.3 Å². The van der Waals surface area contributed by atoms with Crippen LogP contribution in [-0.4, -0.2) is 59.3 Å². The molecule has 0 radical (unpaired) electrons. The number of benzene rings is 1. The van der Waals surface area contributed by atoms with Gasteiger partial charge >= 0.3 is 11.9 Å². The number of nitrogens with zero attached hydrogens (tertiary/aromatic N) is 2. The Labute approximate surface area is 166 Å². The summed E-state index contributed by atoms with van der Waals surface area (Å²) in [6.07, 6.45) is 2.23. The smallest absolute Gasteiger partial charge is 0.328 e. The zero-order valence-electron chi connectivity index (χ0n) is 15.6. The number of likely N-dealkylation sites (tertiary alicyclic amines) is 1. The van der Waals surface area contributed by atoms with Crippen LogP contribution in [-0.2, 0) is 23.9 Å². The quantitative estimate of drug-likeness (QED) is 0.511. The monoisotopic (exact) mass is 406 g/mol. The van der Waals surface area contributed by atoms with Crippen LogP contribution in [0.3, 0.4) is 0 Å². The molecule has 0 aliphatic carbocycles. The molecule has 1 aliphatic heterocycles. The minimum atomic E-state index is -0.603. The van der Waals surface area contributed by atoms with Gasteiger partial charge in [-0.15, -0.1) is 0 Å². The SMILES string of the molecule is CCOC(=O)[C@@H]1CCCCN1C(=O)COC(=O)CSc1nc2ccccc2o1. The average Bonchev–Trinajstić information content (AvgIpc) is 3.13. The van der Waals surface area contributed by atoms with Gasteiger partial charge in [0.05, 0.1) is 6.61 Å². The Balaban J connectivity index is 1.47. The average molecular weight is 406 g/mol. The van der Waals surface area contributed by atoms with Crippen molar-refractivity contribution in [2.75, 3.05) is 25.5 Å². The largest absolute Gasteiger partial charge is 0.464 e. The summed E-state index contributed by atoms with van der Waals surface area (Å²) in [5, 5.41) is 0.364. The second-order valence-corrected chi connectivity index (χ2v) is 7.17. The van der Waals surface area contributed by atoms with Gasteiger partial charge in [-0.2, -0.15) is 0 Å². The molecule has 0 unspecified atom stereocenters. The number of fused-ring (bicyclic) bond motifs is 1. The molecular formula is C19H22N2O6S. The van der Waals surface area contributed by atoms with Gasteiger partial charge in [-0.25, -0.2) is 9.78 Å². The van der Waals surface area contributed by atoms with Gasteiger partial charge in [-0.05, 0) is 38.3 Å². The van der Waals surface area contributed by atoms with Crippen molar-refractivity contribution in [2.45, 2.75) is 37.5 Å². The summed E-state index contributed by atoms with van der Waals surface area (Å²) >= 11 is 1.10. The Morgan fingerprint density at radius 3 is 2.86 bits per heavy atom. The Morgan fingerprint density at radius 1 is 1.25 bits per heavy atom. The second-order valence-electron chi connectivity index (χ2n) is 6.25. The van der Waals surface area contributed by atoms with E-state index in [9.17, 15) is 14.4 Å². The first-order chi connectivity index (χ1) is 13.6. The number of hydrogen-bond donors (Lipinski definition) is 0. The second kappa shape index (κ2) is 9.59. The Kier molecular flexibility index (Phi) is 6.91. The van der Waals surface area contributed by atoms with E-state index in [0.29, 0.717) is 29.3 Å². The summed E-state index contributed by atoms with van der Waals surface area (Å²) < 4.78 is 15.6. The molecule has 1 fully saturated rings. The summed E-state index contributed by atoms with van der Waals surface area (Å²) in [5.41, 5.74) is 1.35. The Morgan fingerprint density at radius 2 is 2.07 bits per heavy atom. The van der Waals surface area contributed by atoms with E-state index < -0.39 is 30.5 Å². The lowest BCUT2D eigenvalue weighted by molar-refractivity contribution is -0.160. The third-order valence-corrected chi connectivity index (χ3v) is 5.13. The molecule has 1 saturated heterocycles. The van der Waals surface area contributed by atoms with Gasteiger partial charge in [-0.3, -0.25) is 9.59 Å². The molecule has 0 saturated carbocycles. The summed E-state index contributed by atoms with van der Waals surface area (Å²) in [6.45, 7) is 2.04. The van der Waals surface area contributed by atoms with Crippen molar-refractivity contribution in [3.63, 3.8) is 0 Å². The highest BCUT2D eigenvalue weighted by Crippen LogP contribution is 2.23.